The molecule has 0 unspecified atom stereocenters. The molecule has 0 saturated heterocycles. The molecule has 0 radical (unpaired) electrons. The molecule has 0 saturated carbocycles. The summed E-state index contributed by atoms with van der Waals surface area (Å²) >= 11 is 0. The summed E-state index contributed by atoms with van der Waals surface area (Å²) in [6.45, 7) is 1.83. The zero-order valence-corrected chi connectivity index (χ0v) is 22.8. The molecule has 0 aliphatic carbocycles. The molecule has 12 heteroatoms. The highest BCUT2D eigenvalue weighted by Crippen LogP contribution is 2.41. The van der Waals surface area contributed by atoms with Gasteiger partial charge in [-0.25, -0.2) is 26.0 Å². The van der Waals surface area contributed by atoms with E-state index in [1.54, 1.807) is 31.3 Å². The number of halogens is 2. The molecule has 3 heterocycles. The molecule has 0 spiro atoms. The van der Waals surface area contributed by atoms with Crippen LogP contribution >= 0.6 is 0 Å². The molecule has 3 aromatic heterocycles. The minimum atomic E-state index is -4.15. The summed E-state index contributed by atoms with van der Waals surface area (Å²) < 4.78 is 65.0. The summed E-state index contributed by atoms with van der Waals surface area (Å²) in [5, 5.41) is 0.283. The van der Waals surface area contributed by atoms with E-state index in [2.05, 4.69) is 4.98 Å². The third-order valence-corrected chi connectivity index (χ3v) is 8.69. The first-order valence-corrected chi connectivity index (χ1v) is 13.8. The lowest BCUT2D eigenvalue weighted by atomic mass is 10.0. The number of fused-ring (bicyclic) bond motifs is 2. The first-order chi connectivity index (χ1) is 19.5. The van der Waals surface area contributed by atoms with E-state index < -0.39 is 32.9 Å². The quantitative estimate of drug-likeness (QED) is 0.317. The van der Waals surface area contributed by atoms with Crippen LogP contribution in [-0.4, -0.2) is 26.5 Å². The number of aromatic nitrogens is 4. The normalized spacial score (nSPS) is 11.9. The average molecular weight is 577 g/mol. The molecule has 0 aliphatic heterocycles. The van der Waals surface area contributed by atoms with Crippen molar-refractivity contribution in [2.24, 2.45) is 14.1 Å². The molecule has 0 amide bonds. The lowest BCUT2D eigenvalue weighted by Crippen LogP contribution is -2.22. The van der Waals surface area contributed by atoms with Crippen molar-refractivity contribution in [3.8, 4) is 22.6 Å². The van der Waals surface area contributed by atoms with Gasteiger partial charge in [-0.3, -0.25) is 9.36 Å². The molecule has 6 rings (SSSR count). The summed E-state index contributed by atoms with van der Waals surface area (Å²) in [7, 11) is -1.12. The van der Waals surface area contributed by atoms with Crippen molar-refractivity contribution in [1.29, 1.82) is 0 Å². The van der Waals surface area contributed by atoms with Crippen LogP contribution in [-0.2, 0) is 24.1 Å². The highest BCUT2D eigenvalue weighted by molar-refractivity contribution is 7.90. The molecular weight excluding hydrogens is 554 g/mol. The van der Waals surface area contributed by atoms with E-state index in [0.29, 0.717) is 22.7 Å². The monoisotopic (exact) mass is 576 g/mol. The molecule has 0 atom stereocenters. The molecule has 1 N–H and O–H groups in total. The summed E-state index contributed by atoms with van der Waals surface area (Å²) in [5.74, 6) is -2.03. The molecule has 41 heavy (non-hydrogen) atoms. The van der Waals surface area contributed by atoms with Gasteiger partial charge in [0.25, 0.3) is 15.6 Å². The van der Waals surface area contributed by atoms with Gasteiger partial charge in [0.1, 0.15) is 16.9 Å². The van der Waals surface area contributed by atoms with Crippen LogP contribution in [0, 0.1) is 18.6 Å². The fourth-order valence-electron chi connectivity index (χ4n) is 4.83. The van der Waals surface area contributed by atoms with E-state index >= 15 is 0 Å². The van der Waals surface area contributed by atoms with Gasteiger partial charge in [0, 0.05) is 49.1 Å². The summed E-state index contributed by atoms with van der Waals surface area (Å²) in [6.07, 6.45) is 2.80. The van der Waals surface area contributed by atoms with Gasteiger partial charge in [-0.2, -0.15) is 0 Å². The van der Waals surface area contributed by atoms with Gasteiger partial charge >= 0.3 is 5.69 Å². The van der Waals surface area contributed by atoms with E-state index in [4.69, 9.17) is 4.74 Å². The minimum Gasteiger partial charge on any atom is -0.451 e. The van der Waals surface area contributed by atoms with Gasteiger partial charge in [-0.05, 0) is 49.4 Å². The van der Waals surface area contributed by atoms with Crippen molar-refractivity contribution in [2.75, 3.05) is 0 Å². The lowest BCUT2D eigenvalue weighted by Gasteiger charge is -2.15. The lowest BCUT2D eigenvalue weighted by molar-refractivity contribution is 0.442. The number of benzene rings is 3. The van der Waals surface area contributed by atoms with Gasteiger partial charge in [0.15, 0.2) is 17.3 Å². The fraction of sp³-hybridized carbons (Fsp3) is 0.103. The number of nitrogens with zero attached hydrogens (tertiary/aromatic N) is 3. The van der Waals surface area contributed by atoms with Crippen LogP contribution in [0.25, 0.3) is 33.1 Å². The zero-order chi connectivity index (χ0) is 29.2. The predicted molar refractivity (Wildman–Crippen MR) is 150 cm³/mol. The highest BCUT2D eigenvalue weighted by atomic mass is 32.2. The summed E-state index contributed by atoms with van der Waals surface area (Å²) in [5.41, 5.74) is 1.13. The number of hydrogen-bond donors (Lipinski definition) is 1. The summed E-state index contributed by atoms with van der Waals surface area (Å²) in [6, 6.07) is 13.8. The minimum absolute atomic E-state index is 0.00661. The molecule has 6 aromatic rings. The number of hydrogen-bond acceptors (Lipinski definition) is 5. The van der Waals surface area contributed by atoms with Crippen LogP contribution < -0.4 is 16.0 Å². The molecular formula is C29H22F2N4O5S. The van der Waals surface area contributed by atoms with Crippen molar-refractivity contribution >= 4 is 32.0 Å². The van der Waals surface area contributed by atoms with E-state index in [-0.39, 0.29) is 32.8 Å². The van der Waals surface area contributed by atoms with Crippen molar-refractivity contribution < 1.29 is 21.9 Å². The summed E-state index contributed by atoms with van der Waals surface area (Å²) in [4.78, 5) is 28.6. The Morgan fingerprint density at radius 1 is 0.902 bits per heavy atom. The van der Waals surface area contributed by atoms with Gasteiger partial charge in [0.2, 0.25) is 0 Å². The van der Waals surface area contributed by atoms with E-state index in [9.17, 15) is 26.8 Å². The third-order valence-electron chi connectivity index (χ3n) is 7.00. The largest absolute Gasteiger partial charge is 0.451 e. The first kappa shape index (κ1) is 26.3. The number of ether oxygens (including phenoxy) is 1. The smallest absolute Gasteiger partial charge is 0.326 e. The number of rotatable bonds is 5. The standard InChI is InChI=1S/C29H22F2N4O5S/c1-16-4-7-18(8-5-16)41(38,39)35-13-12-19-21(15-33(2)28(36)26(19)35)20-9-10-23-25(32-29(37)34(23)3)27(20)40-24-11-6-17(30)14-22(24)31/h4-15H,1-3H3,(H,32,37). The number of pyridine rings is 1. The second-order valence-electron chi connectivity index (χ2n) is 9.65. The number of imidazole rings is 1. The Hall–Kier alpha value is -4.97. The van der Waals surface area contributed by atoms with Crippen molar-refractivity contribution in [3.05, 3.63) is 111 Å². The van der Waals surface area contributed by atoms with E-state index in [1.165, 1.54) is 46.8 Å². The first-order valence-electron chi connectivity index (χ1n) is 12.4. The zero-order valence-electron chi connectivity index (χ0n) is 22.0. The highest BCUT2D eigenvalue weighted by Gasteiger charge is 2.25. The van der Waals surface area contributed by atoms with Crippen LogP contribution in [0.2, 0.25) is 0 Å². The molecule has 0 bridgehead atoms. The Bertz CT molecular complexity index is 2240. The molecule has 9 nitrogen and oxygen atoms in total. The predicted octanol–water partition coefficient (Wildman–Crippen LogP) is 4.80. The maximum absolute atomic E-state index is 14.7. The maximum atomic E-state index is 14.7. The SMILES string of the molecule is Cc1ccc(S(=O)(=O)n2ccc3c(-c4ccc5c([nH]c(=O)n5C)c4Oc4ccc(F)cc4F)cn(C)c(=O)c32)cc1. The van der Waals surface area contributed by atoms with Crippen molar-refractivity contribution in [1.82, 2.24) is 18.1 Å². The van der Waals surface area contributed by atoms with Crippen molar-refractivity contribution in [2.45, 2.75) is 11.8 Å². The van der Waals surface area contributed by atoms with Crippen LogP contribution in [0.3, 0.4) is 0 Å². The number of aryl methyl sites for hydroxylation is 3. The maximum Gasteiger partial charge on any atom is 0.326 e. The molecule has 3 aromatic carbocycles. The number of H-pyrrole nitrogens is 1. The third kappa shape index (κ3) is 4.14. The van der Waals surface area contributed by atoms with Crippen LogP contribution in [0.15, 0.2) is 87.5 Å². The van der Waals surface area contributed by atoms with Crippen LogP contribution in [0.1, 0.15) is 5.56 Å². The second kappa shape index (κ2) is 9.30. The van der Waals surface area contributed by atoms with Gasteiger partial charge in [-0.15, -0.1) is 0 Å². The van der Waals surface area contributed by atoms with Crippen LogP contribution in [0.4, 0.5) is 8.78 Å². The number of nitrogens with one attached hydrogen (secondary N) is 1. The Balaban J connectivity index is 1.64. The Morgan fingerprint density at radius 2 is 1.63 bits per heavy atom. The number of aromatic amines is 1. The van der Waals surface area contributed by atoms with Gasteiger partial charge < -0.3 is 14.3 Å². The van der Waals surface area contributed by atoms with Gasteiger partial charge in [0.05, 0.1) is 10.4 Å². The van der Waals surface area contributed by atoms with E-state index in [0.717, 1.165) is 21.7 Å². The molecule has 0 aliphatic rings. The topological polar surface area (TPSA) is 108 Å². The van der Waals surface area contributed by atoms with E-state index in [1.807, 2.05) is 6.92 Å². The fourth-order valence-corrected chi connectivity index (χ4v) is 6.17. The molecule has 0 fully saturated rings. The van der Waals surface area contributed by atoms with Crippen molar-refractivity contribution in [3.63, 3.8) is 0 Å². The Morgan fingerprint density at radius 3 is 2.34 bits per heavy atom. The Kier molecular flexibility index (Phi) is 5.96. The molecule has 208 valence electrons. The second-order valence-corrected chi connectivity index (χ2v) is 11.5. The van der Waals surface area contributed by atoms with Crippen LogP contribution in [0.5, 0.6) is 11.5 Å². The Labute approximate surface area is 231 Å². The average Bonchev–Trinajstić information content (AvgIpc) is 3.51. The van der Waals surface area contributed by atoms with Gasteiger partial charge in [-0.1, -0.05) is 17.7 Å².